The predicted molar refractivity (Wildman–Crippen MR) is 79.2 cm³/mol. The van der Waals surface area contributed by atoms with Gasteiger partial charge in [-0.2, -0.15) is 11.8 Å². The van der Waals surface area contributed by atoms with Crippen molar-refractivity contribution in [2.45, 2.75) is 31.9 Å². The van der Waals surface area contributed by atoms with Crippen molar-refractivity contribution in [3.63, 3.8) is 0 Å². The second-order valence-corrected chi connectivity index (χ2v) is 6.63. The van der Waals surface area contributed by atoms with Gasteiger partial charge in [0, 0.05) is 23.6 Å². The SMILES string of the molecule is CC(C)(CO)NC(=O)c1ccnc(O[C@@H]2CCSC2)c1. The second-order valence-electron chi connectivity index (χ2n) is 5.48. The lowest BCUT2D eigenvalue weighted by Gasteiger charge is -2.23. The van der Waals surface area contributed by atoms with E-state index in [0.717, 1.165) is 17.9 Å². The lowest BCUT2D eigenvalue weighted by molar-refractivity contribution is 0.0868. The summed E-state index contributed by atoms with van der Waals surface area (Å²) in [5.41, 5.74) is -0.161. The number of hydrogen-bond acceptors (Lipinski definition) is 5. The van der Waals surface area contributed by atoms with Crippen molar-refractivity contribution in [3.05, 3.63) is 23.9 Å². The third kappa shape index (κ3) is 4.11. The van der Waals surface area contributed by atoms with Crippen LogP contribution in [0.3, 0.4) is 0 Å². The smallest absolute Gasteiger partial charge is 0.252 e. The van der Waals surface area contributed by atoms with E-state index in [1.54, 1.807) is 32.2 Å². The van der Waals surface area contributed by atoms with Crippen LogP contribution in [0.15, 0.2) is 18.3 Å². The summed E-state index contributed by atoms with van der Waals surface area (Å²) in [4.78, 5) is 16.2. The molecule has 1 atom stereocenters. The molecule has 2 rings (SSSR count). The van der Waals surface area contributed by atoms with Gasteiger partial charge >= 0.3 is 0 Å². The summed E-state index contributed by atoms with van der Waals surface area (Å²) < 4.78 is 5.76. The van der Waals surface area contributed by atoms with E-state index in [0.29, 0.717) is 11.4 Å². The minimum absolute atomic E-state index is 0.119. The summed E-state index contributed by atoms with van der Waals surface area (Å²) in [6.45, 7) is 3.41. The van der Waals surface area contributed by atoms with E-state index in [-0.39, 0.29) is 18.6 Å². The molecule has 2 N–H and O–H groups in total. The second kappa shape index (κ2) is 6.45. The van der Waals surface area contributed by atoms with Crippen LogP contribution >= 0.6 is 11.8 Å². The summed E-state index contributed by atoms with van der Waals surface area (Å²) in [6, 6.07) is 3.28. The van der Waals surface area contributed by atoms with Gasteiger partial charge in [-0.25, -0.2) is 4.98 Å². The number of rotatable bonds is 5. The topological polar surface area (TPSA) is 71.5 Å². The maximum atomic E-state index is 12.1. The molecule has 1 aromatic heterocycles. The van der Waals surface area contributed by atoms with Gasteiger partial charge in [0.05, 0.1) is 12.1 Å². The van der Waals surface area contributed by atoms with Gasteiger partial charge in [-0.15, -0.1) is 0 Å². The van der Waals surface area contributed by atoms with Gasteiger partial charge in [-0.3, -0.25) is 4.79 Å². The quantitative estimate of drug-likeness (QED) is 0.861. The summed E-state index contributed by atoms with van der Waals surface area (Å²) in [5, 5.41) is 11.9. The molecule has 1 amide bonds. The molecular weight excluding hydrogens is 276 g/mol. The molecule has 0 aromatic carbocycles. The number of hydrogen-bond donors (Lipinski definition) is 2. The maximum Gasteiger partial charge on any atom is 0.252 e. The monoisotopic (exact) mass is 296 g/mol. The van der Waals surface area contributed by atoms with Crippen molar-refractivity contribution in [1.82, 2.24) is 10.3 Å². The Morgan fingerprint density at radius 2 is 2.45 bits per heavy atom. The Labute approximate surface area is 123 Å². The number of aromatic nitrogens is 1. The number of aliphatic hydroxyl groups is 1. The van der Waals surface area contributed by atoms with Crippen LogP contribution < -0.4 is 10.1 Å². The molecule has 5 nitrogen and oxygen atoms in total. The summed E-state index contributed by atoms with van der Waals surface area (Å²) in [5.74, 6) is 2.31. The first-order chi connectivity index (χ1) is 9.50. The number of amides is 1. The highest BCUT2D eigenvalue weighted by molar-refractivity contribution is 7.99. The molecule has 6 heteroatoms. The summed E-state index contributed by atoms with van der Waals surface area (Å²) >= 11 is 1.86. The highest BCUT2D eigenvalue weighted by atomic mass is 32.2. The lowest BCUT2D eigenvalue weighted by atomic mass is 10.1. The number of aliphatic hydroxyl groups excluding tert-OH is 1. The Bertz CT molecular complexity index is 473. The molecule has 1 aliphatic rings. The first-order valence-electron chi connectivity index (χ1n) is 6.64. The molecule has 1 aromatic rings. The fraction of sp³-hybridized carbons (Fsp3) is 0.571. The molecule has 0 saturated carbocycles. The Balaban J connectivity index is 2.03. The number of nitrogens with one attached hydrogen (secondary N) is 1. The minimum atomic E-state index is -0.649. The van der Waals surface area contributed by atoms with Gasteiger partial charge in [0.15, 0.2) is 0 Å². The Morgan fingerprint density at radius 1 is 1.65 bits per heavy atom. The van der Waals surface area contributed by atoms with Crippen LogP contribution in [0.4, 0.5) is 0 Å². The third-order valence-electron chi connectivity index (χ3n) is 3.02. The number of ether oxygens (including phenoxy) is 1. The van der Waals surface area contributed by atoms with Gasteiger partial charge in [-0.05, 0) is 32.1 Å². The molecule has 1 saturated heterocycles. The van der Waals surface area contributed by atoms with Crippen molar-refractivity contribution in [2.24, 2.45) is 0 Å². The zero-order valence-corrected chi connectivity index (χ0v) is 12.6. The third-order valence-corrected chi connectivity index (χ3v) is 4.15. The Hall–Kier alpha value is -1.27. The summed E-state index contributed by atoms with van der Waals surface area (Å²) in [6.07, 6.45) is 2.76. The first kappa shape index (κ1) is 15.1. The van der Waals surface area contributed by atoms with E-state index in [1.165, 1.54) is 0 Å². The summed E-state index contributed by atoms with van der Waals surface area (Å²) in [7, 11) is 0. The van der Waals surface area contributed by atoms with Crippen LogP contribution in [0.2, 0.25) is 0 Å². The Kier molecular flexibility index (Phi) is 4.88. The van der Waals surface area contributed by atoms with Crippen LogP contribution in [0.1, 0.15) is 30.6 Å². The molecule has 2 heterocycles. The molecule has 0 aliphatic carbocycles. The van der Waals surface area contributed by atoms with E-state index in [4.69, 9.17) is 4.74 Å². The predicted octanol–water partition coefficient (Wildman–Crippen LogP) is 1.47. The standard InChI is InChI=1S/C14H20N2O3S/c1-14(2,9-17)16-13(18)10-3-5-15-12(7-10)19-11-4-6-20-8-11/h3,5,7,11,17H,4,6,8-9H2,1-2H3,(H,16,18)/t11-/m1/s1. The van der Waals surface area contributed by atoms with E-state index < -0.39 is 5.54 Å². The fourth-order valence-electron chi connectivity index (χ4n) is 1.81. The number of pyridine rings is 1. The van der Waals surface area contributed by atoms with Crippen molar-refractivity contribution in [2.75, 3.05) is 18.1 Å². The number of thioether (sulfide) groups is 1. The van der Waals surface area contributed by atoms with Gasteiger partial charge in [0.2, 0.25) is 5.88 Å². The van der Waals surface area contributed by atoms with Gasteiger partial charge in [-0.1, -0.05) is 0 Å². The van der Waals surface area contributed by atoms with E-state index in [1.807, 2.05) is 11.8 Å². The van der Waals surface area contributed by atoms with E-state index in [2.05, 4.69) is 10.3 Å². The average molecular weight is 296 g/mol. The lowest BCUT2D eigenvalue weighted by Crippen LogP contribution is -2.46. The molecule has 1 aliphatic heterocycles. The zero-order valence-electron chi connectivity index (χ0n) is 11.8. The molecule has 1 fully saturated rings. The van der Waals surface area contributed by atoms with Crippen molar-refractivity contribution in [1.29, 1.82) is 0 Å². The van der Waals surface area contributed by atoms with Gasteiger partial charge in [0.25, 0.3) is 5.91 Å². The molecule has 0 radical (unpaired) electrons. The highest BCUT2D eigenvalue weighted by Gasteiger charge is 2.21. The molecular formula is C14H20N2O3S. The molecule has 0 bridgehead atoms. The van der Waals surface area contributed by atoms with Crippen molar-refractivity contribution in [3.8, 4) is 5.88 Å². The van der Waals surface area contributed by atoms with Gasteiger partial charge < -0.3 is 15.2 Å². The largest absolute Gasteiger partial charge is 0.473 e. The Morgan fingerprint density at radius 3 is 3.10 bits per heavy atom. The van der Waals surface area contributed by atoms with Crippen LogP contribution in [-0.2, 0) is 0 Å². The number of carbonyl (C=O) groups is 1. The average Bonchev–Trinajstić information content (AvgIpc) is 2.91. The number of nitrogens with zero attached hydrogens (tertiary/aromatic N) is 1. The molecule has 0 spiro atoms. The van der Waals surface area contributed by atoms with Crippen LogP contribution in [-0.4, -0.2) is 45.8 Å². The van der Waals surface area contributed by atoms with Crippen LogP contribution in [0.5, 0.6) is 5.88 Å². The van der Waals surface area contributed by atoms with Gasteiger partial charge in [0.1, 0.15) is 6.10 Å². The van der Waals surface area contributed by atoms with E-state index >= 15 is 0 Å². The van der Waals surface area contributed by atoms with Crippen LogP contribution in [0, 0.1) is 0 Å². The maximum absolute atomic E-state index is 12.1. The minimum Gasteiger partial charge on any atom is -0.473 e. The highest BCUT2D eigenvalue weighted by Crippen LogP contribution is 2.22. The molecule has 110 valence electrons. The fourth-order valence-corrected chi connectivity index (χ4v) is 2.90. The van der Waals surface area contributed by atoms with Crippen molar-refractivity contribution < 1.29 is 14.6 Å². The molecule has 0 unspecified atom stereocenters. The van der Waals surface area contributed by atoms with Crippen molar-refractivity contribution >= 4 is 17.7 Å². The van der Waals surface area contributed by atoms with E-state index in [9.17, 15) is 9.90 Å². The molecule has 20 heavy (non-hydrogen) atoms. The normalized spacial score (nSPS) is 18.9. The first-order valence-corrected chi connectivity index (χ1v) is 7.79. The van der Waals surface area contributed by atoms with Crippen LogP contribution in [0.25, 0.3) is 0 Å². The zero-order chi connectivity index (χ0) is 14.6. The number of carbonyl (C=O) groups excluding carboxylic acids is 1.